The molecule has 0 aromatic rings. The second-order valence-electron chi connectivity index (χ2n) is 4.07. The first kappa shape index (κ1) is 13.8. The van der Waals surface area contributed by atoms with E-state index in [1.807, 2.05) is 11.8 Å². The van der Waals surface area contributed by atoms with E-state index in [-0.39, 0.29) is 5.92 Å². The van der Waals surface area contributed by atoms with Gasteiger partial charge in [-0.2, -0.15) is 11.8 Å². The molecular formula is C11H22O2S. The maximum Gasteiger partial charge on any atom is 0.306 e. The van der Waals surface area contributed by atoms with Gasteiger partial charge in [-0.1, -0.05) is 20.8 Å². The van der Waals surface area contributed by atoms with Crippen LogP contribution in [-0.2, 0) is 4.79 Å². The van der Waals surface area contributed by atoms with Crippen molar-refractivity contribution in [1.82, 2.24) is 0 Å². The number of carboxylic acids is 1. The van der Waals surface area contributed by atoms with Crippen LogP contribution in [0.5, 0.6) is 0 Å². The number of hydrogen-bond acceptors (Lipinski definition) is 2. The molecule has 1 N–H and O–H groups in total. The van der Waals surface area contributed by atoms with E-state index in [9.17, 15) is 4.79 Å². The second-order valence-corrected chi connectivity index (χ2v) is 5.29. The predicted octanol–water partition coefficient (Wildman–Crippen LogP) is 3.27. The topological polar surface area (TPSA) is 37.3 Å². The SMILES string of the molecule is CCCSCCC(CC(C)C)C(=O)O. The molecule has 0 bridgehead atoms. The van der Waals surface area contributed by atoms with Gasteiger partial charge in [0.2, 0.25) is 0 Å². The van der Waals surface area contributed by atoms with Crippen LogP contribution in [0.3, 0.4) is 0 Å². The van der Waals surface area contributed by atoms with Crippen LogP contribution >= 0.6 is 11.8 Å². The van der Waals surface area contributed by atoms with Crippen LogP contribution in [0.25, 0.3) is 0 Å². The van der Waals surface area contributed by atoms with Crippen LogP contribution in [0.4, 0.5) is 0 Å². The fraction of sp³-hybridized carbons (Fsp3) is 0.909. The molecule has 0 aliphatic heterocycles. The first-order valence-electron chi connectivity index (χ1n) is 5.38. The zero-order valence-corrected chi connectivity index (χ0v) is 10.3. The zero-order valence-electron chi connectivity index (χ0n) is 9.45. The Hall–Kier alpha value is -0.180. The molecule has 0 amide bonds. The summed E-state index contributed by atoms with van der Waals surface area (Å²) >= 11 is 1.86. The van der Waals surface area contributed by atoms with Crippen LogP contribution in [0.15, 0.2) is 0 Å². The molecule has 84 valence electrons. The van der Waals surface area contributed by atoms with Crippen molar-refractivity contribution in [3.05, 3.63) is 0 Å². The van der Waals surface area contributed by atoms with E-state index in [1.54, 1.807) is 0 Å². The zero-order chi connectivity index (χ0) is 11.0. The lowest BCUT2D eigenvalue weighted by molar-refractivity contribution is -0.142. The van der Waals surface area contributed by atoms with E-state index >= 15 is 0 Å². The van der Waals surface area contributed by atoms with Gasteiger partial charge >= 0.3 is 5.97 Å². The van der Waals surface area contributed by atoms with Crippen molar-refractivity contribution in [2.45, 2.75) is 40.0 Å². The van der Waals surface area contributed by atoms with Crippen molar-refractivity contribution < 1.29 is 9.90 Å². The summed E-state index contributed by atoms with van der Waals surface area (Å²) in [6.45, 7) is 6.31. The van der Waals surface area contributed by atoms with Crippen molar-refractivity contribution in [2.75, 3.05) is 11.5 Å². The highest BCUT2D eigenvalue weighted by atomic mass is 32.2. The number of carboxylic acid groups (broad SMARTS) is 1. The normalized spacial score (nSPS) is 13.1. The number of carbonyl (C=O) groups is 1. The maximum absolute atomic E-state index is 10.9. The Labute approximate surface area is 91.5 Å². The molecule has 1 unspecified atom stereocenters. The Kier molecular flexibility index (Phi) is 8.05. The third kappa shape index (κ3) is 7.25. The van der Waals surface area contributed by atoms with Gasteiger partial charge in [0.15, 0.2) is 0 Å². The van der Waals surface area contributed by atoms with E-state index in [4.69, 9.17) is 5.11 Å². The van der Waals surface area contributed by atoms with Crippen molar-refractivity contribution in [1.29, 1.82) is 0 Å². The number of aliphatic carboxylic acids is 1. The minimum atomic E-state index is -0.629. The van der Waals surface area contributed by atoms with Gasteiger partial charge in [-0.25, -0.2) is 0 Å². The third-order valence-corrected chi connectivity index (χ3v) is 3.29. The molecule has 0 spiro atoms. The lowest BCUT2D eigenvalue weighted by Gasteiger charge is -2.13. The summed E-state index contributed by atoms with van der Waals surface area (Å²) in [4.78, 5) is 10.9. The van der Waals surface area contributed by atoms with Crippen LogP contribution < -0.4 is 0 Å². The Morgan fingerprint density at radius 3 is 2.43 bits per heavy atom. The Morgan fingerprint density at radius 2 is 2.00 bits per heavy atom. The fourth-order valence-corrected chi connectivity index (χ4v) is 2.33. The Balaban J connectivity index is 3.68. The third-order valence-electron chi connectivity index (χ3n) is 2.06. The number of rotatable bonds is 8. The van der Waals surface area contributed by atoms with Crippen LogP contribution in [0, 0.1) is 11.8 Å². The summed E-state index contributed by atoms with van der Waals surface area (Å²) in [5.41, 5.74) is 0. The largest absolute Gasteiger partial charge is 0.481 e. The molecular weight excluding hydrogens is 196 g/mol. The van der Waals surface area contributed by atoms with Gasteiger partial charge in [0.25, 0.3) is 0 Å². The lowest BCUT2D eigenvalue weighted by Crippen LogP contribution is -2.16. The molecule has 2 nitrogen and oxygen atoms in total. The molecule has 0 radical (unpaired) electrons. The monoisotopic (exact) mass is 218 g/mol. The van der Waals surface area contributed by atoms with Gasteiger partial charge in [-0.15, -0.1) is 0 Å². The summed E-state index contributed by atoms with van der Waals surface area (Å²) < 4.78 is 0. The van der Waals surface area contributed by atoms with Crippen molar-refractivity contribution >= 4 is 17.7 Å². The number of hydrogen-bond donors (Lipinski definition) is 1. The van der Waals surface area contributed by atoms with E-state index in [1.165, 1.54) is 6.42 Å². The van der Waals surface area contributed by atoms with Crippen molar-refractivity contribution in [2.24, 2.45) is 11.8 Å². The highest BCUT2D eigenvalue weighted by molar-refractivity contribution is 7.99. The lowest BCUT2D eigenvalue weighted by atomic mass is 9.95. The summed E-state index contributed by atoms with van der Waals surface area (Å²) in [5.74, 6) is 1.84. The van der Waals surface area contributed by atoms with Crippen molar-refractivity contribution in [3.63, 3.8) is 0 Å². The first-order valence-corrected chi connectivity index (χ1v) is 6.54. The predicted molar refractivity (Wildman–Crippen MR) is 62.8 cm³/mol. The minimum Gasteiger partial charge on any atom is -0.481 e. The molecule has 0 aliphatic carbocycles. The second kappa shape index (κ2) is 8.16. The summed E-state index contributed by atoms with van der Waals surface area (Å²) in [6.07, 6.45) is 2.80. The molecule has 1 atom stereocenters. The molecule has 0 heterocycles. The first-order chi connectivity index (χ1) is 6.57. The van der Waals surface area contributed by atoms with Gasteiger partial charge in [0.05, 0.1) is 5.92 Å². The van der Waals surface area contributed by atoms with E-state index < -0.39 is 5.97 Å². The Morgan fingerprint density at radius 1 is 1.36 bits per heavy atom. The van der Waals surface area contributed by atoms with E-state index in [0.29, 0.717) is 5.92 Å². The highest BCUT2D eigenvalue weighted by Crippen LogP contribution is 2.18. The van der Waals surface area contributed by atoms with Gasteiger partial charge < -0.3 is 5.11 Å². The molecule has 0 saturated carbocycles. The van der Waals surface area contributed by atoms with E-state index in [2.05, 4.69) is 20.8 Å². The molecule has 14 heavy (non-hydrogen) atoms. The van der Waals surface area contributed by atoms with Crippen molar-refractivity contribution in [3.8, 4) is 0 Å². The molecule has 0 aliphatic rings. The van der Waals surface area contributed by atoms with Crippen LogP contribution in [0.1, 0.15) is 40.0 Å². The average molecular weight is 218 g/mol. The average Bonchev–Trinajstić information content (AvgIpc) is 2.09. The molecule has 0 aromatic heterocycles. The smallest absolute Gasteiger partial charge is 0.306 e. The molecule has 0 saturated heterocycles. The number of thioether (sulfide) groups is 1. The summed E-state index contributed by atoms with van der Waals surface area (Å²) in [5, 5.41) is 8.97. The molecule has 0 rings (SSSR count). The molecule has 3 heteroatoms. The molecule has 0 aromatic carbocycles. The highest BCUT2D eigenvalue weighted by Gasteiger charge is 2.17. The van der Waals surface area contributed by atoms with E-state index in [0.717, 1.165) is 24.3 Å². The molecule has 0 fully saturated rings. The summed E-state index contributed by atoms with van der Waals surface area (Å²) in [7, 11) is 0. The standard InChI is InChI=1S/C11H22O2S/c1-4-6-14-7-5-10(11(12)13)8-9(2)3/h9-10H,4-8H2,1-3H3,(H,12,13). The van der Waals surface area contributed by atoms with Crippen LogP contribution in [0.2, 0.25) is 0 Å². The van der Waals surface area contributed by atoms with Gasteiger partial charge in [0, 0.05) is 0 Å². The quantitative estimate of drug-likeness (QED) is 0.635. The maximum atomic E-state index is 10.9. The minimum absolute atomic E-state index is 0.139. The van der Waals surface area contributed by atoms with Crippen LogP contribution in [-0.4, -0.2) is 22.6 Å². The van der Waals surface area contributed by atoms with Gasteiger partial charge in [-0.3, -0.25) is 4.79 Å². The Bertz CT molecular complexity index is 157. The fourth-order valence-electron chi connectivity index (χ4n) is 1.38. The van der Waals surface area contributed by atoms with Gasteiger partial charge in [-0.05, 0) is 36.7 Å². The van der Waals surface area contributed by atoms with Gasteiger partial charge in [0.1, 0.15) is 0 Å². The summed E-state index contributed by atoms with van der Waals surface area (Å²) in [6, 6.07) is 0.